The quantitative estimate of drug-likeness (QED) is 0.519. The topological polar surface area (TPSA) is 77.0 Å². The maximum atomic E-state index is 13.0. The molecule has 0 aliphatic rings. The van der Waals surface area contributed by atoms with Crippen molar-refractivity contribution in [1.82, 2.24) is 5.32 Å². The van der Waals surface area contributed by atoms with E-state index in [0.717, 1.165) is 22.2 Å². The maximum absolute atomic E-state index is 13.0. The lowest BCUT2D eigenvalue weighted by molar-refractivity contribution is 0.0944. The number of methoxy groups -OCH3 is 1. The number of carbonyl (C=O) groups is 1. The monoisotopic (exact) mass is 402 g/mol. The Morgan fingerprint density at radius 1 is 1.10 bits per heavy atom. The summed E-state index contributed by atoms with van der Waals surface area (Å²) in [6, 6.07) is 16.8. The molecule has 4 aromatic rings. The van der Waals surface area contributed by atoms with Gasteiger partial charge >= 0.3 is 0 Å². The number of hydrogen-bond donors (Lipinski definition) is 1. The van der Waals surface area contributed by atoms with Crippen molar-refractivity contribution in [3.63, 3.8) is 0 Å². The third-order valence-electron chi connectivity index (χ3n) is 4.79. The Hall–Kier alpha value is -3.80. The second-order valence-corrected chi connectivity index (χ2v) is 7.01. The van der Waals surface area contributed by atoms with Crippen LogP contribution in [-0.4, -0.2) is 13.0 Å². The van der Waals surface area contributed by atoms with Gasteiger partial charge in [0.25, 0.3) is 5.91 Å². The molecule has 0 aliphatic heterocycles. The van der Waals surface area contributed by atoms with Crippen LogP contribution in [0.2, 0.25) is 0 Å². The normalized spacial score (nSPS) is 11.6. The number of ether oxygens (including phenoxy) is 1. The molecule has 1 N–H and O–H groups in total. The summed E-state index contributed by atoms with van der Waals surface area (Å²) in [7, 11) is 1.58. The second-order valence-electron chi connectivity index (χ2n) is 7.01. The molecule has 2 aromatic carbocycles. The number of carbonyl (C=O) groups excluding carboxylic acids is 1. The van der Waals surface area contributed by atoms with Crippen LogP contribution < -0.4 is 15.6 Å². The minimum Gasteiger partial charge on any atom is -0.493 e. The van der Waals surface area contributed by atoms with Crippen molar-refractivity contribution in [1.29, 1.82) is 0 Å². The van der Waals surface area contributed by atoms with Crippen LogP contribution in [0.4, 0.5) is 5.69 Å². The van der Waals surface area contributed by atoms with Crippen LogP contribution in [0.5, 0.6) is 5.75 Å². The lowest BCUT2D eigenvalue weighted by Crippen LogP contribution is -2.28. The molecule has 0 saturated carbocycles. The van der Waals surface area contributed by atoms with Crippen LogP contribution in [0.1, 0.15) is 27.2 Å². The molecule has 1 amide bonds. The summed E-state index contributed by atoms with van der Waals surface area (Å²) in [6.07, 6.45) is 1.57. The van der Waals surface area contributed by atoms with Crippen molar-refractivity contribution < 1.29 is 18.4 Å². The van der Waals surface area contributed by atoms with E-state index < -0.39 is 0 Å². The predicted molar refractivity (Wildman–Crippen MR) is 114 cm³/mol. The number of aryl methyl sites for hydroxylation is 2. The molecule has 0 fully saturated rings. The molecule has 2 aromatic heterocycles. The molecule has 6 nitrogen and oxygen atoms in total. The van der Waals surface area contributed by atoms with E-state index >= 15 is 0 Å². The fraction of sp³-hybridized carbons (Fsp3) is 0.167. The summed E-state index contributed by atoms with van der Waals surface area (Å²) >= 11 is 0. The Balaban J connectivity index is 1.86. The molecule has 30 heavy (non-hydrogen) atoms. The van der Waals surface area contributed by atoms with Gasteiger partial charge in [0.1, 0.15) is 11.3 Å². The van der Waals surface area contributed by atoms with Crippen LogP contribution >= 0.6 is 0 Å². The van der Waals surface area contributed by atoms with Crippen molar-refractivity contribution in [2.24, 2.45) is 4.99 Å². The number of nitrogens with one attached hydrogen (secondary N) is 1. The van der Waals surface area contributed by atoms with Crippen LogP contribution in [0.15, 0.2) is 74.7 Å². The maximum Gasteiger partial charge on any atom is 0.257 e. The van der Waals surface area contributed by atoms with Crippen molar-refractivity contribution in [2.45, 2.75) is 20.4 Å². The molecule has 2 heterocycles. The summed E-state index contributed by atoms with van der Waals surface area (Å²) in [5.74, 6) is 0.937. The van der Waals surface area contributed by atoms with Gasteiger partial charge in [0, 0.05) is 5.39 Å². The number of rotatable bonds is 5. The van der Waals surface area contributed by atoms with E-state index in [9.17, 15) is 4.79 Å². The number of nitrogens with zero attached hydrogens (tertiary/aromatic N) is 1. The second kappa shape index (κ2) is 8.29. The van der Waals surface area contributed by atoms with E-state index in [-0.39, 0.29) is 18.0 Å². The van der Waals surface area contributed by atoms with Gasteiger partial charge in [-0.05, 0) is 55.3 Å². The Kier molecular flexibility index (Phi) is 5.39. The first-order chi connectivity index (χ1) is 14.5. The van der Waals surface area contributed by atoms with E-state index in [2.05, 4.69) is 10.3 Å². The van der Waals surface area contributed by atoms with E-state index in [1.165, 1.54) is 0 Å². The number of furan rings is 1. The molecule has 0 spiro atoms. The number of hydrogen-bond acceptors (Lipinski definition) is 5. The molecule has 6 heteroatoms. The van der Waals surface area contributed by atoms with Gasteiger partial charge in [-0.1, -0.05) is 24.3 Å². The third kappa shape index (κ3) is 3.98. The van der Waals surface area contributed by atoms with Gasteiger partial charge in [-0.3, -0.25) is 4.79 Å². The van der Waals surface area contributed by atoms with Crippen LogP contribution in [0.25, 0.3) is 11.0 Å². The third-order valence-corrected chi connectivity index (χ3v) is 4.79. The molecule has 0 unspecified atom stereocenters. The minimum absolute atomic E-state index is 0.220. The highest BCUT2D eigenvalue weighted by Gasteiger charge is 2.15. The Morgan fingerprint density at radius 2 is 1.97 bits per heavy atom. The number of amides is 1. The number of benzene rings is 2. The Morgan fingerprint density at radius 3 is 2.73 bits per heavy atom. The molecule has 0 bridgehead atoms. The average Bonchev–Trinajstić information content (AvgIpc) is 3.27. The molecule has 0 radical (unpaired) electrons. The molecule has 0 saturated heterocycles. The van der Waals surface area contributed by atoms with Crippen molar-refractivity contribution in [3.8, 4) is 5.75 Å². The fourth-order valence-corrected chi connectivity index (χ4v) is 3.16. The molecule has 152 valence electrons. The average molecular weight is 402 g/mol. The van der Waals surface area contributed by atoms with E-state index in [0.29, 0.717) is 22.7 Å². The highest BCUT2D eigenvalue weighted by atomic mass is 16.5. The van der Waals surface area contributed by atoms with Crippen molar-refractivity contribution >= 4 is 22.6 Å². The van der Waals surface area contributed by atoms with Gasteiger partial charge in [0.2, 0.25) is 5.55 Å². The van der Waals surface area contributed by atoms with Gasteiger partial charge < -0.3 is 18.9 Å². The zero-order chi connectivity index (χ0) is 21.1. The minimum atomic E-state index is -0.302. The standard InChI is InChI=1S/C24H22N2O4/c1-15-9-10-16(2)20(12-15)26-24-19(23(27)25-14-18-7-5-11-29-18)13-17-6-4-8-21(28-3)22(17)30-24/h4-13H,14H2,1-3H3,(H,25,27). The molecule has 4 rings (SSSR count). The van der Waals surface area contributed by atoms with Gasteiger partial charge in [-0.15, -0.1) is 0 Å². The number of fused-ring (bicyclic) bond motifs is 1. The van der Waals surface area contributed by atoms with Crippen molar-refractivity contribution in [3.05, 3.63) is 88.9 Å². The zero-order valence-corrected chi connectivity index (χ0v) is 17.1. The fourth-order valence-electron chi connectivity index (χ4n) is 3.16. The van der Waals surface area contributed by atoms with Crippen LogP contribution in [0.3, 0.4) is 0 Å². The zero-order valence-electron chi connectivity index (χ0n) is 17.1. The summed E-state index contributed by atoms with van der Waals surface area (Å²) in [4.78, 5) is 17.7. The first-order valence-corrected chi connectivity index (χ1v) is 9.58. The highest BCUT2D eigenvalue weighted by molar-refractivity contribution is 5.97. The summed E-state index contributed by atoms with van der Waals surface area (Å²) in [5, 5.41) is 3.61. The van der Waals surface area contributed by atoms with E-state index in [4.69, 9.17) is 13.6 Å². The number of para-hydroxylation sites is 1. The SMILES string of the molecule is COc1cccc2cc(C(=O)NCc3ccco3)c(=Nc3cc(C)ccc3C)oc12. The van der Waals surface area contributed by atoms with E-state index in [1.54, 1.807) is 31.6 Å². The Labute approximate surface area is 173 Å². The molecular formula is C24H22N2O4. The van der Waals surface area contributed by atoms with Crippen LogP contribution in [-0.2, 0) is 6.54 Å². The highest BCUT2D eigenvalue weighted by Crippen LogP contribution is 2.25. The summed E-state index contributed by atoms with van der Waals surface area (Å²) in [5.41, 5.74) is 3.89. The Bertz CT molecular complexity index is 1270. The lowest BCUT2D eigenvalue weighted by atomic mass is 10.1. The van der Waals surface area contributed by atoms with E-state index in [1.807, 2.05) is 50.2 Å². The van der Waals surface area contributed by atoms with Gasteiger partial charge in [-0.25, -0.2) is 4.99 Å². The lowest BCUT2D eigenvalue weighted by Gasteiger charge is -2.09. The van der Waals surface area contributed by atoms with Gasteiger partial charge in [0.05, 0.1) is 25.6 Å². The summed E-state index contributed by atoms with van der Waals surface area (Å²) < 4.78 is 16.8. The smallest absolute Gasteiger partial charge is 0.257 e. The van der Waals surface area contributed by atoms with Gasteiger partial charge in [0.15, 0.2) is 11.3 Å². The predicted octanol–water partition coefficient (Wildman–Crippen LogP) is 4.81. The molecule has 0 atom stereocenters. The molecule has 0 aliphatic carbocycles. The van der Waals surface area contributed by atoms with Gasteiger partial charge in [-0.2, -0.15) is 0 Å². The first kappa shape index (κ1) is 19.5. The van der Waals surface area contributed by atoms with Crippen LogP contribution in [0, 0.1) is 13.8 Å². The first-order valence-electron chi connectivity index (χ1n) is 9.58. The largest absolute Gasteiger partial charge is 0.493 e. The van der Waals surface area contributed by atoms with Crippen molar-refractivity contribution in [2.75, 3.05) is 7.11 Å². The summed E-state index contributed by atoms with van der Waals surface area (Å²) in [6.45, 7) is 4.23. The molecular weight excluding hydrogens is 380 g/mol.